The Morgan fingerprint density at radius 1 is 0.968 bits per heavy atom. The van der Waals surface area contributed by atoms with Crippen LogP contribution in [0.4, 0.5) is 0 Å². The molecule has 3 N–H and O–H groups in total. The Morgan fingerprint density at radius 3 is 2.48 bits per heavy atom. The van der Waals surface area contributed by atoms with E-state index in [1.807, 2.05) is 55.5 Å². The maximum Gasteiger partial charge on any atom is 0.162 e. The summed E-state index contributed by atoms with van der Waals surface area (Å²) < 4.78 is 12.2. The summed E-state index contributed by atoms with van der Waals surface area (Å²) in [4.78, 5) is 0. The van der Waals surface area contributed by atoms with Gasteiger partial charge in [0.15, 0.2) is 11.5 Å². The minimum atomic E-state index is -0.245. The SMILES string of the molecule is CCOc1cccc(C2C=C(c3cccc(Br)c3)NC(c3ccccc3OC)N2)c1O. The molecule has 6 heteroatoms. The van der Waals surface area contributed by atoms with E-state index in [-0.39, 0.29) is 18.0 Å². The predicted octanol–water partition coefficient (Wildman–Crippen LogP) is 5.54. The summed E-state index contributed by atoms with van der Waals surface area (Å²) in [6, 6.07) is 21.4. The summed E-state index contributed by atoms with van der Waals surface area (Å²) >= 11 is 3.56. The number of para-hydroxylation sites is 2. The van der Waals surface area contributed by atoms with Gasteiger partial charge in [0.25, 0.3) is 0 Å². The van der Waals surface area contributed by atoms with Crippen LogP contribution in [0.1, 0.15) is 35.8 Å². The molecule has 0 aromatic heterocycles. The average molecular weight is 481 g/mol. The Hall–Kier alpha value is -2.96. The van der Waals surface area contributed by atoms with E-state index in [9.17, 15) is 5.11 Å². The van der Waals surface area contributed by atoms with Gasteiger partial charge in [-0.1, -0.05) is 58.4 Å². The Balaban J connectivity index is 1.80. The van der Waals surface area contributed by atoms with Crippen LogP contribution in [-0.2, 0) is 0 Å². The highest BCUT2D eigenvalue weighted by molar-refractivity contribution is 9.10. The molecule has 0 saturated carbocycles. The maximum atomic E-state index is 10.9. The number of rotatable bonds is 6. The number of halogens is 1. The van der Waals surface area contributed by atoms with Gasteiger partial charge in [-0.15, -0.1) is 0 Å². The van der Waals surface area contributed by atoms with E-state index in [0.717, 1.165) is 32.6 Å². The number of benzene rings is 3. The molecule has 0 radical (unpaired) electrons. The Morgan fingerprint density at radius 2 is 1.71 bits per heavy atom. The molecule has 2 unspecified atom stereocenters. The smallest absolute Gasteiger partial charge is 0.162 e. The van der Waals surface area contributed by atoms with Gasteiger partial charge in [-0.2, -0.15) is 0 Å². The zero-order chi connectivity index (χ0) is 21.8. The molecular formula is C25H25BrN2O3. The van der Waals surface area contributed by atoms with Crippen LogP contribution in [-0.4, -0.2) is 18.8 Å². The molecule has 0 aliphatic carbocycles. The second kappa shape index (κ2) is 9.45. The lowest BCUT2D eigenvalue weighted by atomic mass is 9.97. The lowest BCUT2D eigenvalue weighted by Gasteiger charge is -2.34. The van der Waals surface area contributed by atoms with Crippen molar-refractivity contribution < 1.29 is 14.6 Å². The second-order valence-electron chi connectivity index (χ2n) is 7.18. The minimum absolute atomic E-state index is 0.146. The van der Waals surface area contributed by atoms with Crippen molar-refractivity contribution in [1.82, 2.24) is 10.6 Å². The number of aromatic hydroxyl groups is 1. The van der Waals surface area contributed by atoms with Gasteiger partial charge in [0.05, 0.1) is 19.8 Å². The fraction of sp³-hybridized carbons (Fsp3) is 0.200. The minimum Gasteiger partial charge on any atom is -0.504 e. The van der Waals surface area contributed by atoms with Gasteiger partial charge in [-0.25, -0.2) is 0 Å². The number of hydrogen-bond acceptors (Lipinski definition) is 5. The van der Waals surface area contributed by atoms with Crippen LogP contribution in [0.2, 0.25) is 0 Å². The van der Waals surface area contributed by atoms with Gasteiger partial charge in [0, 0.05) is 21.3 Å². The molecule has 0 spiro atoms. The predicted molar refractivity (Wildman–Crippen MR) is 126 cm³/mol. The summed E-state index contributed by atoms with van der Waals surface area (Å²) in [6.07, 6.45) is 1.86. The van der Waals surface area contributed by atoms with Crippen molar-refractivity contribution in [3.8, 4) is 17.2 Å². The zero-order valence-electron chi connectivity index (χ0n) is 17.4. The first-order valence-electron chi connectivity index (χ1n) is 10.2. The van der Waals surface area contributed by atoms with E-state index in [0.29, 0.717) is 12.4 Å². The van der Waals surface area contributed by atoms with Crippen molar-refractivity contribution in [2.24, 2.45) is 0 Å². The monoisotopic (exact) mass is 480 g/mol. The summed E-state index contributed by atoms with van der Waals surface area (Å²) in [7, 11) is 1.67. The van der Waals surface area contributed by atoms with Crippen molar-refractivity contribution >= 4 is 21.6 Å². The molecule has 1 aliphatic heterocycles. The molecule has 0 bridgehead atoms. The van der Waals surface area contributed by atoms with Crippen molar-refractivity contribution in [2.45, 2.75) is 19.1 Å². The molecule has 1 heterocycles. The topological polar surface area (TPSA) is 62.8 Å². The third-order valence-corrected chi connectivity index (χ3v) is 5.72. The van der Waals surface area contributed by atoms with Crippen LogP contribution >= 0.6 is 15.9 Å². The molecule has 2 atom stereocenters. The highest BCUT2D eigenvalue weighted by Gasteiger charge is 2.28. The van der Waals surface area contributed by atoms with E-state index in [2.05, 4.69) is 44.8 Å². The molecule has 3 aromatic carbocycles. The van der Waals surface area contributed by atoms with E-state index >= 15 is 0 Å². The standard InChI is InChI=1S/C25H25BrN2O3/c1-3-31-23-13-7-11-18(24(23)29)21-15-20(16-8-6-9-17(26)14-16)27-25(28-21)19-10-4-5-12-22(19)30-2/h4-15,21,25,27-29H,3H2,1-2H3. The van der Waals surface area contributed by atoms with Crippen LogP contribution in [0.25, 0.3) is 5.70 Å². The fourth-order valence-electron chi connectivity index (χ4n) is 3.79. The van der Waals surface area contributed by atoms with E-state index < -0.39 is 0 Å². The molecule has 31 heavy (non-hydrogen) atoms. The number of methoxy groups -OCH3 is 1. The Bertz CT molecular complexity index is 1100. The number of phenols is 1. The highest BCUT2D eigenvalue weighted by Crippen LogP contribution is 2.39. The van der Waals surface area contributed by atoms with Gasteiger partial charge >= 0.3 is 0 Å². The highest BCUT2D eigenvalue weighted by atomic mass is 79.9. The Kier molecular flexibility index (Phi) is 6.49. The summed E-state index contributed by atoms with van der Waals surface area (Å²) in [5, 5.41) is 18.1. The van der Waals surface area contributed by atoms with Crippen molar-refractivity contribution in [1.29, 1.82) is 0 Å². The average Bonchev–Trinajstić information content (AvgIpc) is 2.80. The lowest BCUT2D eigenvalue weighted by molar-refractivity contribution is 0.314. The largest absolute Gasteiger partial charge is 0.504 e. The number of hydrogen-bond donors (Lipinski definition) is 3. The molecule has 160 valence electrons. The first kappa shape index (κ1) is 21.3. The summed E-state index contributed by atoms with van der Waals surface area (Å²) in [5.41, 5.74) is 3.74. The van der Waals surface area contributed by atoms with Crippen molar-refractivity contribution in [2.75, 3.05) is 13.7 Å². The van der Waals surface area contributed by atoms with Crippen LogP contribution in [0, 0.1) is 0 Å². The van der Waals surface area contributed by atoms with Crippen molar-refractivity contribution in [3.63, 3.8) is 0 Å². The number of phenolic OH excluding ortho intramolecular Hbond substituents is 1. The first-order valence-corrected chi connectivity index (χ1v) is 11.0. The van der Waals surface area contributed by atoms with Crippen LogP contribution < -0.4 is 20.1 Å². The van der Waals surface area contributed by atoms with Gasteiger partial charge in [0.1, 0.15) is 11.9 Å². The van der Waals surface area contributed by atoms with Gasteiger partial charge < -0.3 is 19.9 Å². The third kappa shape index (κ3) is 4.55. The molecule has 0 fully saturated rings. The fourth-order valence-corrected chi connectivity index (χ4v) is 4.19. The van der Waals surface area contributed by atoms with E-state index in [4.69, 9.17) is 9.47 Å². The third-order valence-electron chi connectivity index (χ3n) is 5.23. The first-order chi connectivity index (χ1) is 15.1. The molecule has 4 rings (SSSR count). The number of ether oxygens (including phenoxy) is 2. The molecule has 0 saturated heterocycles. The molecule has 1 aliphatic rings. The van der Waals surface area contributed by atoms with Gasteiger partial charge in [-0.05, 0) is 42.8 Å². The van der Waals surface area contributed by atoms with Crippen molar-refractivity contribution in [3.05, 3.63) is 94.0 Å². The maximum absolute atomic E-state index is 10.9. The normalized spacial score (nSPS) is 18.1. The van der Waals surface area contributed by atoms with Gasteiger partial charge in [-0.3, -0.25) is 5.32 Å². The molecule has 0 amide bonds. The summed E-state index contributed by atoms with van der Waals surface area (Å²) in [6.45, 7) is 2.39. The van der Waals surface area contributed by atoms with E-state index in [1.54, 1.807) is 13.2 Å². The second-order valence-corrected chi connectivity index (χ2v) is 8.10. The summed E-state index contributed by atoms with van der Waals surface area (Å²) in [5.74, 6) is 1.41. The Labute approximate surface area is 190 Å². The van der Waals surface area contributed by atoms with Crippen LogP contribution in [0.15, 0.2) is 77.3 Å². The van der Waals surface area contributed by atoms with E-state index in [1.165, 1.54) is 0 Å². The molecule has 5 nitrogen and oxygen atoms in total. The lowest BCUT2D eigenvalue weighted by Crippen LogP contribution is -2.39. The van der Waals surface area contributed by atoms with Crippen LogP contribution in [0.3, 0.4) is 0 Å². The zero-order valence-corrected chi connectivity index (χ0v) is 19.0. The molecule has 3 aromatic rings. The quantitative estimate of drug-likeness (QED) is 0.432. The van der Waals surface area contributed by atoms with Crippen LogP contribution in [0.5, 0.6) is 17.2 Å². The number of nitrogens with one attached hydrogen (secondary N) is 2. The van der Waals surface area contributed by atoms with Gasteiger partial charge in [0.2, 0.25) is 0 Å². The molecular weight excluding hydrogens is 456 g/mol.